The summed E-state index contributed by atoms with van der Waals surface area (Å²) < 4.78 is 14.3. The Balaban J connectivity index is 1.69. The fourth-order valence-electron chi connectivity index (χ4n) is 2.99. The van der Waals surface area contributed by atoms with E-state index in [9.17, 15) is 4.21 Å². The molecular formula is C21H18ClN5OS. The lowest BCUT2D eigenvalue weighted by molar-refractivity contribution is 0.690. The summed E-state index contributed by atoms with van der Waals surface area (Å²) in [6, 6.07) is 17.9. The van der Waals surface area contributed by atoms with Gasteiger partial charge in [-0.2, -0.15) is 0 Å². The van der Waals surface area contributed by atoms with Crippen LogP contribution in [0.1, 0.15) is 5.56 Å². The van der Waals surface area contributed by atoms with Crippen LogP contribution in [-0.4, -0.2) is 25.4 Å². The molecule has 0 aliphatic heterocycles. The molecule has 0 aliphatic carbocycles. The van der Waals surface area contributed by atoms with E-state index in [2.05, 4.69) is 37.1 Å². The van der Waals surface area contributed by atoms with Crippen LogP contribution in [0, 0.1) is 0 Å². The number of hydrogen-bond acceptors (Lipinski definition) is 5. The molecule has 4 aromatic rings. The molecule has 0 bridgehead atoms. The molecule has 0 amide bonds. The summed E-state index contributed by atoms with van der Waals surface area (Å²) in [5, 5.41) is 4.57. The van der Waals surface area contributed by atoms with Crippen molar-refractivity contribution in [1.29, 1.82) is 0 Å². The van der Waals surface area contributed by atoms with Gasteiger partial charge in [-0.15, -0.1) is 0 Å². The van der Waals surface area contributed by atoms with Crippen molar-refractivity contribution < 1.29 is 4.21 Å². The summed E-state index contributed by atoms with van der Waals surface area (Å²) in [7, 11) is -1.24. The minimum atomic E-state index is -1.24. The maximum Gasteiger partial charge on any atom is 0.153 e. The number of fused-ring (bicyclic) bond motifs is 1. The van der Waals surface area contributed by atoms with Gasteiger partial charge in [0.1, 0.15) is 23.1 Å². The topological polar surface area (TPSA) is 79.8 Å². The third kappa shape index (κ3) is 4.52. The Morgan fingerprint density at radius 1 is 1.00 bits per heavy atom. The third-order valence-electron chi connectivity index (χ3n) is 4.36. The van der Waals surface area contributed by atoms with E-state index in [4.69, 9.17) is 11.6 Å². The maximum atomic E-state index is 11.5. The number of nitrogens with zero attached hydrogens (tertiary/aromatic N) is 3. The average Bonchev–Trinajstić information content (AvgIpc) is 2.74. The van der Waals surface area contributed by atoms with Gasteiger partial charge >= 0.3 is 0 Å². The quantitative estimate of drug-likeness (QED) is 0.441. The summed E-state index contributed by atoms with van der Waals surface area (Å²) in [4.78, 5) is 13.0. The van der Waals surface area contributed by atoms with Gasteiger partial charge < -0.3 is 10.0 Å². The Hall–Kier alpha value is -3.03. The molecule has 8 heteroatoms. The van der Waals surface area contributed by atoms with E-state index in [0.29, 0.717) is 12.2 Å². The Kier molecular flexibility index (Phi) is 5.69. The number of nitrogens with one attached hydrogen (secondary N) is 2. The molecule has 2 heterocycles. The molecule has 0 fully saturated rings. The van der Waals surface area contributed by atoms with Gasteiger partial charge in [0, 0.05) is 29.9 Å². The van der Waals surface area contributed by atoms with Gasteiger partial charge in [-0.1, -0.05) is 48.0 Å². The summed E-state index contributed by atoms with van der Waals surface area (Å²) in [5.41, 5.74) is 4.32. The average molecular weight is 424 g/mol. The summed E-state index contributed by atoms with van der Waals surface area (Å²) in [5.74, 6) is 0.760. The van der Waals surface area contributed by atoms with Crippen LogP contribution in [0.2, 0.25) is 5.15 Å². The molecular weight excluding hydrogens is 406 g/mol. The van der Waals surface area contributed by atoms with Crippen LogP contribution in [0.25, 0.3) is 22.0 Å². The van der Waals surface area contributed by atoms with Gasteiger partial charge in [-0.25, -0.2) is 19.2 Å². The molecule has 0 radical (unpaired) electrons. The van der Waals surface area contributed by atoms with Crippen LogP contribution in [0.5, 0.6) is 0 Å². The van der Waals surface area contributed by atoms with Crippen LogP contribution >= 0.6 is 11.6 Å². The molecule has 0 aliphatic rings. The van der Waals surface area contributed by atoms with E-state index in [-0.39, 0.29) is 5.15 Å². The highest BCUT2D eigenvalue weighted by atomic mass is 35.5. The third-order valence-corrected chi connectivity index (χ3v) is 5.17. The van der Waals surface area contributed by atoms with Crippen molar-refractivity contribution in [3.63, 3.8) is 0 Å². The molecule has 0 spiro atoms. The van der Waals surface area contributed by atoms with E-state index < -0.39 is 11.0 Å². The van der Waals surface area contributed by atoms with Crippen LogP contribution in [-0.2, 0) is 17.5 Å². The van der Waals surface area contributed by atoms with Crippen molar-refractivity contribution in [2.24, 2.45) is 0 Å². The van der Waals surface area contributed by atoms with E-state index in [1.54, 1.807) is 18.8 Å². The van der Waals surface area contributed by atoms with Gasteiger partial charge in [0.15, 0.2) is 5.15 Å². The standard InChI is InChI=1S/C21H18ClN5OS/c1-29(28)27-19-10-16(12-23-20(19)22)15-7-8-18-17(9-15)21(26-13-25-18)24-11-14-5-3-2-4-6-14/h2-10,12-13,27H,11H2,1H3,(H,24,25,26). The van der Waals surface area contributed by atoms with Gasteiger partial charge in [0.2, 0.25) is 0 Å². The molecule has 0 saturated carbocycles. The van der Waals surface area contributed by atoms with E-state index in [0.717, 1.165) is 27.8 Å². The Morgan fingerprint density at radius 2 is 1.83 bits per heavy atom. The van der Waals surface area contributed by atoms with Gasteiger partial charge in [0.05, 0.1) is 11.2 Å². The van der Waals surface area contributed by atoms with Crippen molar-refractivity contribution in [3.8, 4) is 11.1 Å². The monoisotopic (exact) mass is 423 g/mol. The normalized spacial score (nSPS) is 11.9. The van der Waals surface area contributed by atoms with Crippen molar-refractivity contribution in [3.05, 3.63) is 77.8 Å². The fraction of sp³-hybridized carbons (Fsp3) is 0.0952. The van der Waals surface area contributed by atoms with E-state index in [1.807, 2.05) is 42.5 Å². The first kappa shape index (κ1) is 19.3. The highest BCUT2D eigenvalue weighted by Crippen LogP contribution is 2.30. The molecule has 2 aromatic carbocycles. The van der Waals surface area contributed by atoms with Crippen LogP contribution < -0.4 is 10.0 Å². The summed E-state index contributed by atoms with van der Waals surface area (Å²) >= 11 is 6.11. The first-order valence-corrected chi connectivity index (χ1v) is 10.8. The molecule has 0 saturated heterocycles. The van der Waals surface area contributed by atoms with Crippen molar-refractivity contribution in [1.82, 2.24) is 15.0 Å². The van der Waals surface area contributed by atoms with E-state index in [1.165, 1.54) is 5.56 Å². The zero-order chi connectivity index (χ0) is 20.2. The highest BCUT2D eigenvalue weighted by molar-refractivity contribution is 7.85. The van der Waals surface area contributed by atoms with Gasteiger partial charge in [-0.05, 0) is 29.3 Å². The SMILES string of the molecule is CS(=O)Nc1cc(-c2ccc3ncnc(NCc4ccccc4)c3c2)cnc1Cl. The predicted octanol–water partition coefficient (Wildman–Crippen LogP) is 4.66. The Morgan fingerprint density at radius 3 is 2.62 bits per heavy atom. The lowest BCUT2D eigenvalue weighted by Gasteiger charge is -2.11. The lowest BCUT2D eigenvalue weighted by Crippen LogP contribution is -2.03. The number of benzene rings is 2. The largest absolute Gasteiger partial charge is 0.365 e. The second-order valence-corrected chi connectivity index (χ2v) is 7.88. The smallest absolute Gasteiger partial charge is 0.153 e. The first-order valence-electron chi connectivity index (χ1n) is 8.89. The van der Waals surface area contributed by atoms with Crippen LogP contribution in [0.4, 0.5) is 11.5 Å². The van der Waals surface area contributed by atoms with Crippen molar-refractivity contribution >= 4 is 45.0 Å². The van der Waals surface area contributed by atoms with Gasteiger partial charge in [0.25, 0.3) is 0 Å². The number of aromatic nitrogens is 3. The zero-order valence-electron chi connectivity index (χ0n) is 15.6. The van der Waals surface area contributed by atoms with Crippen LogP contribution in [0.15, 0.2) is 67.1 Å². The number of anilines is 2. The predicted molar refractivity (Wildman–Crippen MR) is 119 cm³/mol. The maximum absolute atomic E-state index is 11.5. The second kappa shape index (κ2) is 8.55. The minimum Gasteiger partial charge on any atom is -0.365 e. The number of hydrogen-bond donors (Lipinski definition) is 2. The molecule has 6 nitrogen and oxygen atoms in total. The molecule has 146 valence electrons. The Labute approximate surface area is 176 Å². The summed E-state index contributed by atoms with van der Waals surface area (Å²) in [6.45, 7) is 0.663. The van der Waals surface area contributed by atoms with Crippen LogP contribution in [0.3, 0.4) is 0 Å². The zero-order valence-corrected chi connectivity index (χ0v) is 17.2. The molecule has 2 N–H and O–H groups in total. The second-order valence-electron chi connectivity index (χ2n) is 6.41. The fourth-order valence-corrected chi connectivity index (χ4v) is 3.66. The minimum absolute atomic E-state index is 0.276. The Bertz CT molecular complexity index is 1190. The molecule has 4 rings (SSSR count). The molecule has 1 atom stereocenters. The molecule has 29 heavy (non-hydrogen) atoms. The molecule has 2 aromatic heterocycles. The number of halogens is 1. The van der Waals surface area contributed by atoms with Gasteiger partial charge in [-0.3, -0.25) is 0 Å². The number of rotatable bonds is 6. The summed E-state index contributed by atoms with van der Waals surface area (Å²) in [6.07, 6.45) is 4.78. The van der Waals surface area contributed by atoms with E-state index >= 15 is 0 Å². The van der Waals surface area contributed by atoms with Crippen molar-refractivity contribution in [2.45, 2.75) is 6.54 Å². The lowest BCUT2D eigenvalue weighted by atomic mass is 10.0. The van der Waals surface area contributed by atoms with Crippen molar-refractivity contribution in [2.75, 3.05) is 16.3 Å². The molecule has 1 unspecified atom stereocenters. The first-order chi connectivity index (χ1) is 14.1. The highest BCUT2D eigenvalue weighted by Gasteiger charge is 2.10. The number of pyridine rings is 1.